The molecule has 0 spiro atoms. The molecule has 0 atom stereocenters. The van der Waals surface area contributed by atoms with E-state index in [-0.39, 0.29) is 27.7 Å². The number of nitrogens with zero attached hydrogens (tertiary/aromatic N) is 1. The SMILES string of the molecule is CC(=NNS(=O)(=O)c1ccc(Cl)cc1)c1c(O)cc(C)oc1=O. The Hall–Kier alpha value is -2.32. The Kier molecular flexibility index (Phi) is 4.76. The van der Waals surface area contributed by atoms with Crippen molar-refractivity contribution in [3.8, 4) is 5.75 Å². The first-order chi connectivity index (χ1) is 10.7. The summed E-state index contributed by atoms with van der Waals surface area (Å²) in [6, 6.07) is 6.71. The molecule has 9 heteroatoms. The maximum absolute atomic E-state index is 12.1. The van der Waals surface area contributed by atoms with Gasteiger partial charge in [-0.3, -0.25) is 0 Å². The normalized spacial score (nSPS) is 12.2. The Morgan fingerprint density at radius 3 is 2.48 bits per heavy atom. The summed E-state index contributed by atoms with van der Waals surface area (Å²) in [6.45, 7) is 2.87. The molecule has 0 unspecified atom stereocenters. The van der Waals surface area contributed by atoms with Crippen LogP contribution in [0.15, 0.2) is 49.5 Å². The zero-order valence-corrected chi connectivity index (χ0v) is 13.8. The largest absolute Gasteiger partial charge is 0.507 e. The highest BCUT2D eigenvalue weighted by molar-refractivity contribution is 7.89. The molecular formula is C14H13ClN2O5S. The third-order valence-electron chi connectivity index (χ3n) is 2.87. The van der Waals surface area contributed by atoms with Gasteiger partial charge in [-0.25, -0.2) is 4.79 Å². The second-order valence-corrected chi connectivity index (χ2v) is 6.75. The predicted molar refractivity (Wildman–Crippen MR) is 85.4 cm³/mol. The topological polar surface area (TPSA) is 109 Å². The molecule has 0 aliphatic heterocycles. The molecule has 2 rings (SSSR count). The number of rotatable bonds is 4. The molecule has 1 heterocycles. The standard InChI is InChI=1S/C14H13ClN2O5S/c1-8-7-12(18)13(14(19)22-8)9(2)16-17-23(20,21)11-5-3-10(15)4-6-11/h3-7,17-18H,1-2H3. The monoisotopic (exact) mass is 356 g/mol. The van der Waals surface area contributed by atoms with Gasteiger partial charge in [-0.15, -0.1) is 0 Å². The summed E-state index contributed by atoms with van der Waals surface area (Å²) in [5, 5.41) is 13.8. The predicted octanol–water partition coefficient (Wildman–Crippen LogP) is 2.01. The Morgan fingerprint density at radius 1 is 1.30 bits per heavy atom. The average molecular weight is 357 g/mol. The molecule has 1 aromatic carbocycles. The number of aryl methyl sites for hydroxylation is 1. The van der Waals surface area contributed by atoms with Gasteiger partial charge < -0.3 is 9.52 Å². The van der Waals surface area contributed by atoms with Crippen molar-refractivity contribution in [1.29, 1.82) is 0 Å². The zero-order chi connectivity index (χ0) is 17.2. The highest BCUT2D eigenvalue weighted by Crippen LogP contribution is 2.16. The van der Waals surface area contributed by atoms with Crippen LogP contribution in [0.3, 0.4) is 0 Å². The number of sulfonamides is 1. The van der Waals surface area contributed by atoms with Crippen LogP contribution in [0.2, 0.25) is 5.02 Å². The average Bonchev–Trinajstić information content (AvgIpc) is 2.44. The molecule has 0 aliphatic carbocycles. The van der Waals surface area contributed by atoms with Crippen molar-refractivity contribution in [2.75, 3.05) is 0 Å². The lowest BCUT2D eigenvalue weighted by Gasteiger charge is -2.06. The van der Waals surface area contributed by atoms with Gasteiger partial charge in [0.25, 0.3) is 10.0 Å². The third kappa shape index (κ3) is 3.91. The number of hydrogen-bond donors (Lipinski definition) is 2. The van der Waals surface area contributed by atoms with E-state index >= 15 is 0 Å². The van der Waals surface area contributed by atoms with Gasteiger partial charge in [0.05, 0.1) is 10.6 Å². The molecule has 7 nitrogen and oxygen atoms in total. The minimum absolute atomic E-state index is 0.0335. The van der Waals surface area contributed by atoms with Crippen LogP contribution in [0.5, 0.6) is 5.75 Å². The first-order valence-electron chi connectivity index (χ1n) is 6.36. The van der Waals surface area contributed by atoms with Gasteiger partial charge in [0, 0.05) is 11.1 Å². The number of halogens is 1. The molecule has 0 fully saturated rings. The fourth-order valence-electron chi connectivity index (χ4n) is 1.78. The molecule has 0 saturated heterocycles. The molecule has 0 radical (unpaired) electrons. The number of aromatic hydroxyl groups is 1. The smallest absolute Gasteiger partial charge is 0.348 e. The van der Waals surface area contributed by atoms with Gasteiger partial charge in [0.1, 0.15) is 17.1 Å². The molecule has 0 amide bonds. The van der Waals surface area contributed by atoms with Crippen molar-refractivity contribution in [3.63, 3.8) is 0 Å². The lowest BCUT2D eigenvalue weighted by molar-refractivity contribution is 0.432. The second-order valence-electron chi connectivity index (χ2n) is 4.65. The molecule has 2 N–H and O–H groups in total. The van der Waals surface area contributed by atoms with Crippen LogP contribution in [-0.4, -0.2) is 19.2 Å². The van der Waals surface area contributed by atoms with E-state index in [0.717, 1.165) is 0 Å². The maximum atomic E-state index is 12.1. The van der Waals surface area contributed by atoms with E-state index in [1.54, 1.807) is 0 Å². The lowest BCUT2D eigenvalue weighted by atomic mass is 10.2. The van der Waals surface area contributed by atoms with Crippen LogP contribution < -0.4 is 10.5 Å². The number of hydrogen-bond acceptors (Lipinski definition) is 6. The van der Waals surface area contributed by atoms with E-state index in [9.17, 15) is 18.3 Å². The van der Waals surface area contributed by atoms with Crippen LogP contribution in [0.25, 0.3) is 0 Å². The fraction of sp³-hybridized carbons (Fsp3) is 0.143. The summed E-state index contributed by atoms with van der Waals surface area (Å²) < 4.78 is 29.0. The number of benzene rings is 1. The van der Waals surface area contributed by atoms with Gasteiger partial charge in [0.15, 0.2) is 0 Å². The minimum Gasteiger partial charge on any atom is -0.507 e. The summed E-state index contributed by atoms with van der Waals surface area (Å²) in [4.78, 5) is 13.7. The molecule has 23 heavy (non-hydrogen) atoms. The van der Waals surface area contributed by atoms with Gasteiger partial charge >= 0.3 is 5.63 Å². The summed E-state index contributed by atoms with van der Waals surface area (Å²) in [7, 11) is -3.92. The van der Waals surface area contributed by atoms with Crippen LogP contribution in [-0.2, 0) is 10.0 Å². The molecule has 0 saturated carbocycles. The Bertz CT molecular complexity index is 917. The molecule has 1 aromatic heterocycles. The van der Waals surface area contributed by atoms with Crippen molar-refractivity contribution >= 4 is 27.3 Å². The van der Waals surface area contributed by atoms with Crippen molar-refractivity contribution in [3.05, 3.63) is 57.1 Å². The van der Waals surface area contributed by atoms with Crippen LogP contribution >= 0.6 is 11.6 Å². The molecular weight excluding hydrogens is 344 g/mol. The van der Waals surface area contributed by atoms with E-state index in [0.29, 0.717) is 5.02 Å². The number of hydrazone groups is 1. The van der Waals surface area contributed by atoms with E-state index in [2.05, 4.69) is 5.10 Å². The first kappa shape index (κ1) is 17.0. The Morgan fingerprint density at radius 2 is 1.91 bits per heavy atom. The molecule has 0 aliphatic rings. The molecule has 122 valence electrons. The van der Waals surface area contributed by atoms with E-state index < -0.39 is 15.6 Å². The second kappa shape index (κ2) is 6.43. The van der Waals surface area contributed by atoms with Crippen molar-refractivity contribution in [1.82, 2.24) is 4.83 Å². The molecule has 2 aromatic rings. The van der Waals surface area contributed by atoms with E-state index in [1.807, 2.05) is 4.83 Å². The van der Waals surface area contributed by atoms with Gasteiger partial charge in [-0.1, -0.05) is 11.6 Å². The quantitative estimate of drug-likeness (QED) is 0.643. The summed E-state index contributed by atoms with van der Waals surface area (Å²) in [5.41, 5.74) is -1.06. The van der Waals surface area contributed by atoms with Crippen LogP contribution in [0, 0.1) is 6.92 Å². The summed E-state index contributed by atoms with van der Waals surface area (Å²) in [6.07, 6.45) is 0. The highest BCUT2D eigenvalue weighted by atomic mass is 35.5. The first-order valence-corrected chi connectivity index (χ1v) is 8.22. The van der Waals surface area contributed by atoms with Gasteiger partial charge in [-0.2, -0.15) is 18.4 Å². The summed E-state index contributed by atoms with van der Waals surface area (Å²) in [5.74, 6) is -0.114. The van der Waals surface area contributed by atoms with Crippen LogP contribution in [0.4, 0.5) is 0 Å². The number of nitrogens with one attached hydrogen (secondary N) is 1. The van der Waals surface area contributed by atoms with Crippen molar-refractivity contribution < 1.29 is 17.9 Å². The third-order valence-corrected chi connectivity index (χ3v) is 4.35. The Labute approximate surface area is 137 Å². The van der Waals surface area contributed by atoms with Crippen molar-refractivity contribution in [2.24, 2.45) is 5.10 Å². The maximum Gasteiger partial charge on any atom is 0.348 e. The minimum atomic E-state index is -3.92. The van der Waals surface area contributed by atoms with E-state index in [4.69, 9.17) is 16.0 Å². The zero-order valence-electron chi connectivity index (χ0n) is 12.2. The lowest BCUT2D eigenvalue weighted by Crippen LogP contribution is -2.22. The Balaban J connectivity index is 2.33. The van der Waals surface area contributed by atoms with Crippen LogP contribution in [0.1, 0.15) is 18.2 Å². The van der Waals surface area contributed by atoms with E-state index in [1.165, 1.54) is 44.2 Å². The molecule has 0 bridgehead atoms. The van der Waals surface area contributed by atoms with Gasteiger partial charge in [-0.05, 0) is 38.1 Å². The van der Waals surface area contributed by atoms with Crippen molar-refractivity contribution in [2.45, 2.75) is 18.7 Å². The summed E-state index contributed by atoms with van der Waals surface area (Å²) >= 11 is 5.70. The van der Waals surface area contributed by atoms with Gasteiger partial charge in [0.2, 0.25) is 0 Å². The highest BCUT2D eigenvalue weighted by Gasteiger charge is 2.16. The fourth-order valence-corrected chi connectivity index (χ4v) is 2.76.